The van der Waals surface area contributed by atoms with Crippen LogP contribution in [-0.2, 0) is 36.5 Å². The molecule has 0 bridgehead atoms. The Morgan fingerprint density at radius 3 is 0.467 bits per heavy atom. The van der Waals surface area contributed by atoms with E-state index >= 15 is 0 Å². The van der Waals surface area contributed by atoms with Gasteiger partial charge in [-0.25, -0.2) is 31.6 Å². The van der Waals surface area contributed by atoms with Crippen LogP contribution in [0.2, 0.25) is 0 Å². The van der Waals surface area contributed by atoms with Crippen molar-refractivity contribution >= 4 is 0 Å². The van der Waals surface area contributed by atoms with Crippen LogP contribution in [0.4, 0.5) is 0 Å². The molecule has 0 rings (SSSR count). The summed E-state index contributed by atoms with van der Waals surface area (Å²) >= 11 is 0. The number of nitrogens with zero attached hydrogens (tertiary/aromatic N) is 6. The van der Waals surface area contributed by atoms with Gasteiger partial charge in [-0.15, -0.1) is 0 Å². The summed E-state index contributed by atoms with van der Waals surface area (Å²) in [6, 6.07) is 0. The van der Waals surface area contributed by atoms with Crippen LogP contribution in [0.1, 0.15) is 1.43 Å². The molecule has 6 nitrogen and oxygen atoms in total. The van der Waals surface area contributed by atoms with E-state index in [1.165, 1.54) is 0 Å². The molecule has 0 aromatic rings. The first-order chi connectivity index (χ1) is 6.00. The molecule has 0 saturated carbocycles. The zero-order valence-corrected chi connectivity index (χ0v) is 14.3. The molecule has 9 heteroatoms. The van der Waals surface area contributed by atoms with Gasteiger partial charge in [-0.1, -0.05) is 0 Å². The van der Waals surface area contributed by atoms with Gasteiger partial charge in [-0.2, -0.15) is 0 Å². The molecule has 0 aromatic carbocycles. The maximum Gasteiger partial charge on any atom is 1.00 e. The SMILES string of the molecule is C#N.C#N.C#N.C#N.C#N.C#N.[Fe].[H-].[Na+].[Zn]. The third-order valence-electron chi connectivity index (χ3n) is 0. The second-order valence-corrected chi connectivity index (χ2v) is 0. The number of hydrogen-bond donors (Lipinski definition) is 0. The van der Waals surface area contributed by atoms with Gasteiger partial charge < -0.3 is 1.43 Å². The van der Waals surface area contributed by atoms with Crippen LogP contribution in [-0.4, -0.2) is 0 Å². The molecule has 0 aliphatic heterocycles. The van der Waals surface area contributed by atoms with Crippen LogP contribution in [0.5, 0.6) is 0 Å². The molecule has 0 atom stereocenters. The fourth-order valence-electron chi connectivity index (χ4n) is 0. The molecule has 0 N–H and O–H groups in total. The van der Waals surface area contributed by atoms with Crippen LogP contribution >= 0.6 is 0 Å². The molecule has 0 aromatic heterocycles. The van der Waals surface area contributed by atoms with E-state index in [4.69, 9.17) is 31.6 Å². The van der Waals surface area contributed by atoms with E-state index in [0.29, 0.717) is 0 Å². The molecule has 0 unspecified atom stereocenters. The Kier molecular flexibility index (Phi) is 14100. The molecule has 15 heavy (non-hydrogen) atoms. The normalized spacial score (nSPS) is 0.800. The molecular formula is C6H7FeN6NaZn. The predicted molar refractivity (Wildman–Crippen MR) is 41.1 cm³/mol. The van der Waals surface area contributed by atoms with Gasteiger partial charge in [0, 0.05) is 76.0 Å². The standard InChI is InChI=1S/6CHN.Fe.Na.Zn.H/c6*1-2;;;;/h6*1H;;;;/q;;;;;;;+1;;-1. The molecule has 0 saturated heterocycles. The average molecular weight is 307 g/mol. The Balaban J connectivity index is -0.00000000321. The molecule has 0 heterocycles. The van der Waals surface area contributed by atoms with Gasteiger partial charge in [0.2, 0.25) is 0 Å². The van der Waals surface area contributed by atoms with Gasteiger partial charge in [-0.05, 0) is 0 Å². The van der Waals surface area contributed by atoms with Crippen molar-refractivity contribution in [1.82, 2.24) is 0 Å². The Labute approximate surface area is 137 Å². The van der Waals surface area contributed by atoms with Crippen molar-refractivity contribution in [2.24, 2.45) is 0 Å². The summed E-state index contributed by atoms with van der Waals surface area (Å²) in [7, 11) is 0. The van der Waals surface area contributed by atoms with Crippen LogP contribution < -0.4 is 29.6 Å². The number of hydrogen-bond acceptors (Lipinski definition) is 6. The summed E-state index contributed by atoms with van der Waals surface area (Å²) in [5.41, 5.74) is 0. The van der Waals surface area contributed by atoms with E-state index in [2.05, 4.69) is 39.4 Å². The summed E-state index contributed by atoms with van der Waals surface area (Å²) in [6.45, 7) is 21.0. The van der Waals surface area contributed by atoms with E-state index in [9.17, 15) is 0 Å². The van der Waals surface area contributed by atoms with Gasteiger partial charge in [0.1, 0.15) is 0 Å². The summed E-state index contributed by atoms with van der Waals surface area (Å²) < 4.78 is 0. The molecule has 0 amide bonds. The second kappa shape index (κ2) is 2270. The minimum absolute atomic E-state index is 0. The van der Waals surface area contributed by atoms with E-state index in [0.717, 1.165) is 0 Å². The quantitative estimate of drug-likeness (QED) is 0.471. The molecular weight excluding hydrogens is 300 g/mol. The third-order valence-corrected chi connectivity index (χ3v) is 0. The molecule has 0 spiro atoms. The summed E-state index contributed by atoms with van der Waals surface area (Å²) in [5.74, 6) is 0. The van der Waals surface area contributed by atoms with E-state index < -0.39 is 0 Å². The van der Waals surface area contributed by atoms with Gasteiger partial charge in [0.25, 0.3) is 0 Å². The van der Waals surface area contributed by atoms with Crippen molar-refractivity contribution in [3.8, 4) is 39.4 Å². The van der Waals surface area contributed by atoms with Crippen molar-refractivity contribution in [1.29, 1.82) is 31.6 Å². The second-order valence-electron chi connectivity index (χ2n) is 0. The van der Waals surface area contributed by atoms with Crippen LogP contribution in [0.15, 0.2) is 0 Å². The van der Waals surface area contributed by atoms with Crippen LogP contribution in [0, 0.1) is 71.0 Å². The Bertz CT molecular complexity index is 108. The largest absolute Gasteiger partial charge is 1.00 e. The van der Waals surface area contributed by atoms with Crippen LogP contribution in [0.3, 0.4) is 0 Å². The van der Waals surface area contributed by atoms with Gasteiger partial charge in [0.15, 0.2) is 0 Å². The smallest absolute Gasteiger partial charge is 1.00 e. The van der Waals surface area contributed by atoms with Gasteiger partial charge >= 0.3 is 29.6 Å². The third kappa shape index (κ3) is 1910. The van der Waals surface area contributed by atoms with Crippen molar-refractivity contribution in [2.75, 3.05) is 0 Å². The van der Waals surface area contributed by atoms with Crippen molar-refractivity contribution < 1.29 is 67.5 Å². The maximum absolute atomic E-state index is 6.50. The molecule has 0 radical (unpaired) electrons. The minimum Gasteiger partial charge on any atom is -1.00 e. The van der Waals surface area contributed by atoms with Crippen molar-refractivity contribution in [3.63, 3.8) is 0 Å². The van der Waals surface area contributed by atoms with Crippen LogP contribution in [0.25, 0.3) is 0 Å². The predicted octanol–water partition coefficient (Wildman–Crippen LogP) is -2.05. The Morgan fingerprint density at radius 1 is 0.467 bits per heavy atom. The summed E-state index contributed by atoms with van der Waals surface area (Å²) in [4.78, 5) is 0. The number of rotatable bonds is 0. The van der Waals surface area contributed by atoms with Gasteiger partial charge in [-0.3, -0.25) is 0 Å². The summed E-state index contributed by atoms with van der Waals surface area (Å²) in [6.07, 6.45) is 0. The van der Waals surface area contributed by atoms with Gasteiger partial charge in [0.05, 0.1) is 0 Å². The first kappa shape index (κ1) is 93.3. The number of nitriles is 6. The fraction of sp³-hybridized carbons (Fsp3) is 0. The minimum atomic E-state index is 0. The fourth-order valence-corrected chi connectivity index (χ4v) is 0. The van der Waals surface area contributed by atoms with E-state index in [1.807, 2.05) is 0 Å². The van der Waals surface area contributed by atoms with Crippen molar-refractivity contribution in [3.05, 3.63) is 0 Å². The van der Waals surface area contributed by atoms with E-state index in [-0.39, 0.29) is 67.5 Å². The molecule has 0 fully saturated rings. The molecule has 72 valence electrons. The first-order valence-corrected chi connectivity index (χ1v) is 1.55. The molecule has 0 aliphatic carbocycles. The topological polar surface area (TPSA) is 143 Å². The first-order valence-electron chi connectivity index (χ1n) is 1.55. The maximum atomic E-state index is 6.50. The zero-order valence-electron chi connectivity index (χ0n) is 9.21. The van der Waals surface area contributed by atoms with E-state index in [1.54, 1.807) is 0 Å². The zero-order chi connectivity index (χ0) is 12.0. The Morgan fingerprint density at radius 2 is 0.467 bits per heavy atom. The molecule has 0 aliphatic rings. The Hall–Kier alpha value is -0.917. The monoisotopic (exact) mass is 306 g/mol. The summed E-state index contributed by atoms with van der Waals surface area (Å²) in [5, 5.41) is 39.0. The average Bonchev–Trinajstić information content (AvgIpc) is 2.33. The van der Waals surface area contributed by atoms with Crippen molar-refractivity contribution in [2.45, 2.75) is 0 Å².